The average Bonchev–Trinajstić information content (AvgIpc) is 3.25. The van der Waals surface area contributed by atoms with Gasteiger partial charge < -0.3 is 5.32 Å². The molecule has 0 aliphatic rings. The molecule has 0 spiro atoms. The van der Waals surface area contributed by atoms with Crippen LogP contribution in [-0.2, 0) is 6.18 Å². The van der Waals surface area contributed by atoms with Crippen LogP contribution in [0.5, 0.6) is 0 Å². The van der Waals surface area contributed by atoms with Gasteiger partial charge in [-0.05, 0) is 40.6 Å². The molecule has 3 aromatic rings. The predicted octanol–water partition coefficient (Wildman–Crippen LogP) is 5.11. The maximum absolute atomic E-state index is 12.6. The van der Waals surface area contributed by atoms with Crippen molar-refractivity contribution >= 4 is 14.9 Å². The van der Waals surface area contributed by atoms with E-state index >= 15 is 0 Å². The minimum absolute atomic E-state index is 0.406. The van der Waals surface area contributed by atoms with Crippen molar-refractivity contribution in [2.75, 3.05) is 19.0 Å². The average molecular weight is 397 g/mol. The Balaban J connectivity index is 0.000000855. The molecule has 9 heteroatoms. The lowest BCUT2D eigenvalue weighted by Gasteiger charge is -2.10. The molecule has 27 heavy (non-hydrogen) atoms. The van der Waals surface area contributed by atoms with Crippen LogP contribution in [0.4, 0.5) is 18.9 Å². The molecule has 3 rings (SSSR count). The zero-order valence-electron chi connectivity index (χ0n) is 15.6. The summed E-state index contributed by atoms with van der Waals surface area (Å²) in [5.74, 6) is 0.406. The van der Waals surface area contributed by atoms with Crippen LogP contribution in [0.1, 0.15) is 19.4 Å². The van der Waals surface area contributed by atoms with Crippen LogP contribution in [0.25, 0.3) is 22.5 Å². The second kappa shape index (κ2) is 10.6. The standard InChI is InChI=1S/C15H12F3N5.C2H6.CH5P/c1-19-13-7-4-10(8-12(13)14-20-22-23-21-14)9-2-5-11(6-3-9)15(16,17)18;2*1-2/h2-8,19H,1H3,(H,20,21,22,23);1-2H3;2H2,1H3. The molecule has 0 aliphatic heterocycles. The smallest absolute Gasteiger partial charge is 0.388 e. The molecule has 1 unspecified atom stereocenters. The number of nitrogens with one attached hydrogen (secondary N) is 2. The first-order valence-electron chi connectivity index (χ1n) is 8.30. The minimum Gasteiger partial charge on any atom is -0.388 e. The van der Waals surface area contributed by atoms with E-state index in [1.165, 1.54) is 12.1 Å². The van der Waals surface area contributed by atoms with Crippen molar-refractivity contribution in [3.05, 3.63) is 48.0 Å². The Labute approximate surface area is 159 Å². The van der Waals surface area contributed by atoms with Crippen LogP contribution in [0.15, 0.2) is 42.5 Å². The molecule has 0 bridgehead atoms. The Morgan fingerprint density at radius 1 is 0.963 bits per heavy atom. The lowest BCUT2D eigenvalue weighted by Crippen LogP contribution is -2.04. The highest BCUT2D eigenvalue weighted by atomic mass is 31.0. The van der Waals surface area contributed by atoms with Crippen molar-refractivity contribution in [2.24, 2.45) is 0 Å². The topological polar surface area (TPSA) is 66.5 Å². The van der Waals surface area contributed by atoms with Gasteiger partial charge in [0.25, 0.3) is 0 Å². The summed E-state index contributed by atoms with van der Waals surface area (Å²) in [4.78, 5) is 0. The van der Waals surface area contributed by atoms with Crippen molar-refractivity contribution in [3.63, 3.8) is 0 Å². The second-order valence-electron chi connectivity index (χ2n) is 4.82. The van der Waals surface area contributed by atoms with E-state index in [4.69, 9.17) is 0 Å². The predicted molar refractivity (Wildman–Crippen MR) is 107 cm³/mol. The monoisotopic (exact) mass is 397 g/mol. The van der Waals surface area contributed by atoms with Gasteiger partial charge in [0.1, 0.15) is 0 Å². The Bertz CT molecular complexity index is 803. The first kappa shape index (κ1) is 22.6. The van der Waals surface area contributed by atoms with E-state index < -0.39 is 11.7 Å². The van der Waals surface area contributed by atoms with Crippen molar-refractivity contribution in [1.82, 2.24) is 20.6 Å². The van der Waals surface area contributed by atoms with Crippen LogP contribution in [0.3, 0.4) is 0 Å². The van der Waals surface area contributed by atoms with Gasteiger partial charge >= 0.3 is 6.18 Å². The van der Waals surface area contributed by atoms with E-state index in [0.717, 1.165) is 23.4 Å². The number of anilines is 1. The summed E-state index contributed by atoms with van der Waals surface area (Å²) in [6, 6.07) is 10.5. The quantitative estimate of drug-likeness (QED) is 0.603. The third kappa shape index (κ3) is 5.76. The molecular weight excluding hydrogens is 374 g/mol. The van der Waals surface area contributed by atoms with Crippen LogP contribution in [0.2, 0.25) is 0 Å². The zero-order valence-corrected chi connectivity index (χ0v) is 16.7. The summed E-state index contributed by atoms with van der Waals surface area (Å²) >= 11 is 0. The number of tetrazole rings is 1. The van der Waals surface area contributed by atoms with Gasteiger partial charge in [0.05, 0.1) is 5.56 Å². The number of halogens is 3. The fourth-order valence-electron chi connectivity index (χ4n) is 2.25. The number of nitrogens with zero attached hydrogens (tertiary/aromatic N) is 3. The fraction of sp³-hybridized carbons (Fsp3) is 0.278. The van der Waals surface area contributed by atoms with Gasteiger partial charge in [-0.1, -0.05) is 38.7 Å². The zero-order chi connectivity index (χ0) is 20.4. The van der Waals surface area contributed by atoms with Crippen molar-refractivity contribution in [2.45, 2.75) is 20.0 Å². The van der Waals surface area contributed by atoms with Crippen LogP contribution in [0, 0.1) is 0 Å². The molecule has 5 nitrogen and oxygen atoms in total. The number of aromatic nitrogens is 4. The normalized spacial score (nSPS) is 10.2. The summed E-state index contributed by atoms with van der Waals surface area (Å²) in [7, 11) is 4.18. The number of aromatic amines is 1. The Kier molecular flexibility index (Phi) is 8.88. The molecule has 2 aromatic carbocycles. The molecule has 0 saturated heterocycles. The number of benzene rings is 2. The van der Waals surface area contributed by atoms with E-state index in [9.17, 15) is 13.2 Å². The molecule has 0 fully saturated rings. The van der Waals surface area contributed by atoms with E-state index in [2.05, 4.69) is 35.2 Å². The highest BCUT2D eigenvalue weighted by Gasteiger charge is 2.30. The molecule has 146 valence electrons. The summed E-state index contributed by atoms with van der Waals surface area (Å²) in [5.41, 5.74) is 2.26. The van der Waals surface area contributed by atoms with Gasteiger partial charge in [0.15, 0.2) is 0 Å². The molecule has 1 aromatic heterocycles. The van der Waals surface area contributed by atoms with E-state index in [-0.39, 0.29) is 0 Å². The maximum atomic E-state index is 12.6. The number of rotatable bonds is 3. The van der Waals surface area contributed by atoms with Crippen LogP contribution < -0.4 is 5.32 Å². The van der Waals surface area contributed by atoms with Crippen LogP contribution >= 0.6 is 9.24 Å². The fourth-order valence-corrected chi connectivity index (χ4v) is 2.25. The first-order valence-corrected chi connectivity index (χ1v) is 9.45. The van der Waals surface area contributed by atoms with Gasteiger partial charge in [0.2, 0.25) is 5.82 Å². The van der Waals surface area contributed by atoms with E-state index in [0.29, 0.717) is 17.0 Å². The third-order valence-corrected chi connectivity index (χ3v) is 3.42. The lowest BCUT2D eigenvalue weighted by atomic mass is 10.00. The summed E-state index contributed by atoms with van der Waals surface area (Å²) in [6.45, 7) is 5.92. The molecule has 2 N–H and O–H groups in total. The molecule has 0 radical (unpaired) electrons. The van der Waals surface area contributed by atoms with Crippen molar-refractivity contribution in [3.8, 4) is 22.5 Å². The van der Waals surface area contributed by atoms with E-state index in [1.54, 1.807) is 13.1 Å². The number of H-pyrrole nitrogens is 1. The summed E-state index contributed by atoms with van der Waals surface area (Å²) in [5, 5.41) is 16.8. The Hall–Kier alpha value is -2.47. The molecule has 0 amide bonds. The number of hydrogen-bond acceptors (Lipinski definition) is 4. The van der Waals surface area contributed by atoms with Crippen molar-refractivity contribution in [1.29, 1.82) is 0 Å². The van der Waals surface area contributed by atoms with Crippen molar-refractivity contribution < 1.29 is 13.2 Å². The van der Waals surface area contributed by atoms with Crippen LogP contribution in [-0.4, -0.2) is 34.3 Å². The Morgan fingerprint density at radius 3 is 2.04 bits per heavy atom. The van der Waals surface area contributed by atoms with Gasteiger partial charge in [-0.3, -0.25) is 0 Å². The third-order valence-electron chi connectivity index (χ3n) is 3.42. The molecule has 0 saturated carbocycles. The van der Waals surface area contributed by atoms with E-state index in [1.807, 2.05) is 32.6 Å². The van der Waals surface area contributed by atoms with Gasteiger partial charge in [-0.25, -0.2) is 0 Å². The molecule has 1 heterocycles. The Morgan fingerprint density at radius 2 is 1.56 bits per heavy atom. The largest absolute Gasteiger partial charge is 0.416 e. The molecule has 0 aliphatic carbocycles. The number of hydrogen-bond donors (Lipinski definition) is 2. The van der Waals surface area contributed by atoms with Gasteiger partial charge in [0, 0.05) is 18.3 Å². The molecular formula is C18H23F3N5P. The lowest BCUT2D eigenvalue weighted by molar-refractivity contribution is -0.137. The first-order chi connectivity index (χ1) is 13.0. The highest BCUT2D eigenvalue weighted by molar-refractivity contribution is 7.15. The molecule has 1 atom stereocenters. The van der Waals surface area contributed by atoms with Gasteiger partial charge in [-0.15, -0.1) is 19.4 Å². The minimum atomic E-state index is -4.34. The maximum Gasteiger partial charge on any atom is 0.416 e. The SMILES string of the molecule is CC.CNc1ccc(-c2ccc(C(F)(F)F)cc2)cc1-c1nn[nH]n1.CP. The summed E-state index contributed by atoms with van der Waals surface area (Å²) < 4.78 is 37.9. The van der Waals surface area contributed by atoms with Gasteiger partial charge in [-0.2, -0.15) is 18.4 Å². The number of alkyl halides is 3. The second-order valence-corrected chi connectivity index (χ2v) is 4.82. The highest BCUT2D eigenvalue weighted by Crippen LogP contribution is 2.33. The summed E-state index contributed by atoms with van der Waals surface area (Å²) in [6.07, 6.45) is -4.34.